The van der Waals surface area contributed by atoms with Crippen LogP contribution in [0.15, 0.2) is 0 Å². The van der Waals surface area contributed by atoms with Gasteiger partial charge >= 0.3 is 0 Å². The first-order valence-corrected chi connectivity index (χ1v) is 10.4. The molecular weight excluding hydrogens is 291 g/mol. The van der Waals surface area contributed by atoms with Crippen molar-refractivity contribution in [2.24, 2.45) is 35.5 Å². The Kier molecular flexibility index (Phi) is 5.79. The van der Waals surface area contributed by atoms with Crippen LogP contribution in [0.25, 0.3) is 0 Å². The zero-order chi connectivity index (χ0) is 15.7. The van der Waals surface area contributed by atoms with Gasteiger partial charge in [-0.2, -0.15) is 12.6 Å². The highest BCUT2D eigenvalue weighted by Crippen LogP contribution is 2.46. The van der Waals surface area contributed by atoms with Crippen LogP contribution in [0.3, 0.4) is 0 Å². The molecule has 0 radical (unpaired) electrons. The van der Waals surface area contributed by atoms with Gasteiger partial charge in [0.25, 0.3) is 0 Å². The zero-order valence-electron chi connectivity index (χ0n) is 14.5. The molecule has 0 aromatic rings. The Balaban J connectivity index is 1.47. The first kappa shape index (κ1) is 17.1. The lowest BCUT2D eigenvalue weighted by Gasteiger charge is -2.43. The lowest BCUT2D eigenvalue weighted by molar-refractivity contribution is 0.0773. The highest BCUT2D eigenvalue weighted by atomic mass is 32.1. The van der Waals surface area contributed by atoms with Crippen molar-refractivity contribution in [1.29, 1.82) is 0 Å². The van der Waals surface area contributed by atoms with Crippen molar-refractivity contribution >= 4 is 12.6 Å². The molecule has 0 amide bonds. The minimum atomic E-state index is -0.680. The molecule has 128 valence electrons. The fraction of sp³-hybridized carbons (Fsp3) is 1.00. The van der Waals surface area contributed by atoms with Gasteiger partial charge in [0.05, 0.1) is 0 Å². The van der Waals surface area contributed by atoms with E-state index in [0.29, 0.717) is 0 Å². The van der Waals surface area contributed by atoms with Crippen molar-refractivity contribution in [2.75, 3.05) is 0 Å². The SMILES string of the molecule is CC1CCC(C2CCC(C3CC(C)C(F)C(S)C3)CC2)CC1. The van der Waals surface area contributed by atoms with Crippen LogP contribution < -0.4 is 0 Å². The first-order valence-electron chi connectivity index (χ1n) is 9.86. The molecule has 2 heteroatoms. The Morgan fingerprint density at radius 3 is 1.64 bits per heavy atom. The van der Waals surface area contributed by atoms with Crippen molar-refractivity contribution in [3.8, 4) is 0 Å². The van der Waals surface area contributed by atoms with E-state index in [-0.39, 0.29) is 11.2 Å². The molecule has 4 unspecified atom stereocenters. The third kappa shape index (κ3) is 3.84. The molecule has 0 aromatic heterocycles. The van der Waals surface area contributed by atoms with Crippen molar-refractivity contribution in [3.05, 3.63) is 0 Å². The van der Waals surface area contributed by atoms with E-state index in [2.05, 4.69) is 26.5 Å². The highest BCUT2D eigenvalue weighted by Gasteiger charge is 2.39. The third-order valence-corrected chi connectivity index (χ3v) is 7.84. The van der Waals surface area contributed by atoms with E-state index in [1.54, 1.807) is 0 Å². The van der Waals surface area contributed by atoms with Gasteiger partial charge in [0.15, 0.2) is 0 Å². The predicted octanol–water partition coefficient (Wildman–Crippen LogP) is 6.30. The third-order valence-electron chi connectivity index (χ3n) is 7.34. The fourth-order valence-corrected chi connectivity index (χ4v) is 6.32. The van der Waals surface area contributed by atoms with Crippen LogP contribution >= 0.6 is 12.6 Å². The minimum absolute atomic E-state index is 0.00805. The zero-order valence-corrected chi connectivity index (χ0v) is 15.4. The fourth-order valence-electron chi connectivity index (χ4n) is 5.75. The Morgan fingerprint density at radius 1 is 0.682 bits per heavy atom. The summed E-state index contributed by atoms with van der Waals surface area (Å²) >= 11 is 4.53. The van der Waals surface area contributed by atoms with Crippen LogP contribution in [-0.2, 0) is 0 Å². The highest BCUT2D eigenvalue weighted by molar-refractivity contribution is 7.81. The first-order chi connectivity index (χ1) is 10.5. The largest absolute Gasteiger partial charge is 0.246 e. The van der Waals surface area contributed by atoms with E-state index in [0.717, 1.165) is 42.4 Å². The number of rotatable bonds is 2. The van der Waals surface area contributed by atoms with Gasteiger partial charge in [-0.3, -0.25) is 0 Å². The molecule has 0 spiro atoms. The average molecular weight is 327 g/mol. The maximum absolute atomic E-state index is 14.0. The number of halogens is 1. The number of alkyl halides is 1. The summed E-state index contributed by atoms with van der Waals surface area (Å²) in [5.41, 5.74) is 0. The molecule has 0 N–H and O–H groups in total. The van der Waals surface area contributed by atoms with E-state index >= 15 is 0 Å². The Labute approximate surface area is 142 Å². The molecule has 4 atom stereocenters. The second-order valence-corrected chi connectivity index (χ2v) is 9.58. The second-order valence-electron chi connectivity index (χ2n) is 8.92. The number of hydrogen-bond donors (Lipinski definition) is 1. The molecule has 3 aliphatic carbocycles. The smallest absolute Gasteiger partial charge is 0.114 e. The summed E-state index contributed by atoms with van der Waals surface area (Å²) in [5, 5.41) is -0.00805. The standard InChI is InChI=1S/C20H35FS/c1-13-3-5-15(6-4-13)16-7-9-17(10-8-16)18-11-14(2)20(21)19(22)12-18/h13-20,22H,3-12H2,1-2H3. The van der Waals surface area contributed by atoms with Gasteiger partial charge < -0.3 is 0 Å². The summed E-state index contributed by atoms with van der Waals surface area (Å²) in [6.45, 7) is 4.51. The quantitative estimate of drug-likeness (QED) is 0.565. The molecule has 22 heavy (non-hydrogen) atoms. The molecule has 3 aliphatic rings. The lowest BCUT2D eigenvalue weighted by Crippen LogP contribution is -2.38. The maximum atomic E-state index is 14.0. The molecule has 3 fully saturated rings. The van der Waals surface area contributed by atoms with Gasteiger partial charge in [0.1, 0.15) is 6.17 Å². The molecule has 0 aromatic carbocycles. The summed E-state index contributed by atoms with van der Waals surface area (Å²) in [6.07, 6.45) is 13.1. The summed E-state index contributed by atoms with van der Waals surface area (Å²) in [4.78, 5) is 0. The van der Waals surface area contributed by atoms with Crippen LogP contribution in [0.1, 0.15) is 78.1 Å². The molecule has 3 saturated carbocycles. The molecular formula is C20H35FS. The van der Waals surface area contributed by atoms with Gasteiger partial charge in [0, 0.05) is 5.25 Å². The number of hydrogen-bond acceptors (Lipinski definition) is 1. The van der Waals surface area contributed by atoms with Crippen LogP contribution in [0, 0.1) is 35.5 Å². The van der Waals surface area contributed by atoms with Crippen LogP contribution in [0.4, 0.5) is 4.39 Å². The van der Waals surface area contributed by atoms with Crippen molar-refractivity contribution in [3.63, 3.8) is 0 Å². The minimum Gasteiger partial charge on any atom is -0.246 e. The molecule has 0 aliphatic heterocycles. The van der Waals surface area contributed by atoms with E-state index in [1.807, 2.05) is 0 Å². The van der Waals surface area contributed by atoms with Gasteiger partial charge in [-0.1, -0.05) is 26.7 Å². The van der Waals surface area contributed by atoms with Crippen LogP contribution in [-0.4, -0.2) is 11.4 Å². The summed E-state index contributed by atoms with van der Waals surface area (Å²) < 4.78 is 14.0. The van der Waals surface area contributed by atoms with E-state index in [9.17, 15) is 4.39 Å². The van der Waals surface area contributed by atoms with Crippen molar-refractivity contribution < 1.29 is 4.39 Å². The summed E-state index contributed by atoms with van der Waals surface area (Å²) in [6, 6.07) is 0. The summed E-state index contributed by atoms with van der Waals surface area (Å²) in [5.74, 6) is 4.83. The molecule has 0 saturated heterocycles. The van der Waals surface area contributed by atoms with Crippen LogP contribution in [0.2, 0.25) is 0 Å². The van der Waals surface area contributed by atoms with E-state index in [4.69, 9.17) is 0 Å². The summed E-state index contributed by atoms with van der Waals surface area (Å²) in [7, 11) is 0. The lowest BCUT2D eigenvalue weighted by atomic mass is 9.64. The maximum Gasteiger partial charge on any atom is 0.114 e. The van der Waals surface area contributed by atoms with E-state index in [1.165, 1.54) is 51.4 Å². The van der Waals surface area contributed by atoms with Crippen molar-refractivity contribution in [1.82, 2.24) is 0 Å². The molecule has 3 rings (SSSR count). The second kappa shape index (κ2) is 7.45. The topological polar surface area (TPSA) is 0 Å². The van der Waals surface area contributed by atoms with Gasteiger partial charge in [-0.15, -0.1) is 0 Å². The predicted molar refractivity (Wildman–Crippen MR) is 96.1 cm³/mol. The Morgan fingerprint density at radius 2 is 1.14 bits per heavy atom. The monoisotopic (exact) mass is 326 g/mol. The van der Waals surface area contributed by atoms with Crippen molar-refractivity contribution in [2.45, 2.75) is 89.5 Å². The van der Waals surface area contributed by atoms with E-state index < -0.39 is 6.17 Å². The average Bonchev–Trinajstić information content (AvgIpc) is 2.53. The molecule has 0 heterocycles. The Hall–Kier alpha value is 0.280. The molecule has 0 nitrogen and oxygen atoms in total. The normalized spacial score (nSPS) is 50.7. The van der Waals surface area contributed by atoms with Gasteiger partial charge in [-0.05, 0) is 86.9 Å². The van der Waals surface area contributed by atoms with Gasteiger partial charge in [0.2, 0.25) is 0 Å². The van der Waals surface area contributed by atoms with Gasteiger partial charge in [-0.25, -0.2) is 4.39 Å². The molecule has 0 bridgehead atoms. The number of thiol groups is 1. The Bertz CT molecular complexity index is 330. The van der Waals surface area contributed by atoms with Crippen LogP contribution in [0.5, 0.6) is 0 Å².